The first-order valence-electron chi connectivity index (χ1n) is 2.93. The number of aromatic nitrogens is 2. The molecule has 0 aliphatic rings. The highest BCUT2D eigenvalue weighted by atomic mass is 32.1. The van der Waals surface area contributed by atoms with Crippen LogP contribution in [0.2, 0.25) is 0 Å². The van der Waals surface area contributed by atoms with Gasteiger partial charge in [0.25, 0.3) is 0 Å². The smallest absolute Gasteiger partial charge is 0.177 e. The zero-order chi connectivity index (χ0) is 7.56. The molecule has 0 aliphatic carbocycles. The number of nitrogens with one attached hydrogen (secondary N) is 1. The molecule has 0 amide bonds. The summed E-state index contributed by atoms with van der Waals surface area (Å²) in [5, 5.41) is 0. The summed E-state index contributed by atoms with van der Waals surface area (Å²) in [4.78, 5) is 13.4. The highest BCUT2D eigenvalue weighted by Gasteiger charge is 1.94. The molecule has 1 rings (SSSR count). The Morgan fingerprint density at radius 1 is 1.90 bits per heavy atom. The minimum absolute atomic E-state index is 0.107. The minimum Gasteiger partial charge on any atom is -0.337 e. The van der Waals surface area contributed by atoms with Crippen LogP contribution in [0.1, 0.15) is 6.92 Å². The summed E-state index contributed by atoms with van der Waals surface area (Å²) in [5.41, 5.74) is 0. The molecule has 3 nitrogen and oxygen atoms in total. The lowest BCUT2D eigenvalue weighted by atomic mass is 10.4. The summed E-state index contributed by atoms with van der Waals surface area (Å²) in [7, 11) is 0. The summed E-state index contributed by atoms with van der Waals surface area (Å²) in [6.07, 6.45) is 3.47. The normalized spacial score (nSPS) is 9.70. The van der Waals surface area contributed by atoms with Crippen molar-refractivity contribution in [3.8, 4) is 0 Å². The largest absolute Gasteiger partial charge is 0.337 e. The van der Waals surface area contributed by atoms with Crippen LogP contribution >= 0.6 is 12.2 Å². The highest BCUT2D eigenvalue weighted by Crippen LogP contribution is 1.89. The number of H-pyrrole nitrogens is 1. The van der Waals surface area contributed by atoms with Gasteiger partial charge in [-0.2, -0.15) is 0 Å². The molecule has 1 N–H and O–H groups in total. The molecule has 0 atom stereocenters. The molecule has 1 aromatic rings. The average molecular weight is 156 g/mol. The van der Waals surface area contributed by atoms with Crippen LogP contribution in [0.5, 0.6) is 0 Å². The van der Waals surface area contributed by atoms with E-state index in [0.717, 1.165) is 0 Å². The van der Waals surface area contributed by atoms with E-state index < -0.39 is 0 Å². The van der Waals surface area contributed by atoms with Crippen molar-refractivity contribution in [3.05, 3.63) is 17.2 Å². The number of carbonyl (C=O) groups is 1. The SMILES string of the molecule is CC(=O)Cn1cc[nH]c1=S. The molecule has 0 radical (unpaired) electrons. The molecular weight excluding hydrogens is 148 g/mol. The van der Waals surface area contributed by atoms with E-state index >= 15 is 0 Å². The lowest BCUT2D eigenvalue weighted by molar-refractivity contribution is -0.117. The van der Waals surface area contributed by atoms with Crippen molar-refractivity contribution in [1.82, 2.24) is 9.55 Å². The Balaban J connectivity index is 2.85. The molecule has 0 unspecified atom stereocenters. The van der Waals surface area contributed by atoms with Crippen LogP contribution in [0, 0.1) is 4.77 Å². The summed E-state index contributed by atoms with van der Waals surface area (Å²) in [6, 6.07) is 0. The van der Waals surface area contributed by atoms with E-state index in [1.165, 1.54) is 6.92 Å². The number of Topliss-reactive ketones (excluding diaryl/α,β-unsaturated/α-hetero) is 1. The molecule has 4 heteroatoms. The van der Waals surface area contributed by atoms with Crippen LogP contribution in [0.25, 0.3) is 0 Å². The standard InChI is InChI=1S/C6H8N2OS/c1-5(9)4-8-3-2-7-6(8)10/h2-3H,4H2,1H3,(H,7,10). The average Bonchev–Trinajstić information content (AvgIpc) is 2.15. The number of nitrogens with zero attached hydrogens (tertiary/aromatic N) is 1. The van der Waals surface area contributed by atoms with Gasteiger partial charge in [-0.3, -0.25) is 4.79 Å². The molecule has 1 aromatic heterocycles. The van der Waals surface area contributed by atoms with Gasteiger partial charge in [0.15, 0.2) is 4.77 Å². The van der Waals surface area contributed by atoms with Crippen molar-refractivity contribution in [1.29, 1.82) is 0 Å². The first kappa shape index (κ1) is 7.21. The zero-order valence-electron chi connectivity index (χ0n) is 5.63. The molecule has 0 aromatic carbocycles. The number of rotatable bonds is 2. The summed E-state index contributed by atoms with van der Waals surface area (Å²) >= 11 is 4.86. The fraction of sp³-hybridized carbons (Fsp3) is 0.333. The van der Waals surface area contributed by atoms with Crippen LogP contribution < -0.4 is 0 Å². The van der Waals surface area contributed by atoms with Crippen LogP contribution in [0.4, 0.5) is 0 Å². The second-order valence-electron chi connectivity index (χ2n) is 2.10. The quantitative estimate of drug-likeness (QED) is 0.652. The molecule has 0 spiro atoms. The van der Waals surface area contributed by atoms with Gasteiger partial charge in [0, 0.05) is 12.4 Å². The predicted molar refractivity (Wildman–Crippen MR) is 40.3 cm³/mol. The summed E-state index contributed by atoms with van der Waals surface area (Å²) in [5.74, 6) is 0.107. The molecular formula is C6H8N2OS. The van der Waals surface area contributed by atoms with E-state index in [0.29, 0.717) is 11.3 Å². The third-order valence-electron chi connectivity index (χ3n) is 1.12. The van der Waals surface area contributed by atoms with Gasteiger partial charge in [-0.1, -0.05) is 0 Å². The molecule has 1 heterocycles. The lowest BCUT2D eigenvalue weighted by Gasteiger charge is -1.94. The summed E-state index contributed by atoms with van der Waals surface area (Å²) < 4.78 is 2.28. The van der Waals surface area contributed by atoms with Crippen molar-refractivity contribution >= 4 is 18.0 Å². The van der Waals surface area contributed by atoms with Crippen LogP contribution in [-0.2, 0) is 11.3 Å². The Hall–Kier alpha value is -0.900. The summed E-state index contributed by atoms with van der Waals surface area (Å²) in [6.45, 7) is 1.90. The Morgan fingerprint density at radius 3 is 3.00 bits per heavy atom. The third-order valence-corrected chi connectivity index (χ3v) is 1.47. The van der Waals surface area contributed by atoms with Gasteiger partial charge in [0.1, 0.15) is 5.78 Å². The Kier molecular flexibility index (Phi) is 2.01. The first-order valence-corrected chi connectivity index (χ1v) is 3.34. The maximum absolute atomic E-state index is 10.6. The minimum atomic E-state index is 0.107. The van der Waals surface area contributed by atoms with Gasteiger partial charge < -0.3 is 9.55 Å². The number of hydrogen-bond acceptors (Lipinski definition) is 2. The van der Waals surface area contributed by atoms with E-state index in [1.54, 1.807) is 17.0 Å². The molecule has 54 valence electrons. The highest BCUT2D eigenvalue weighted by molar-refractivity contribution is 7.71. The van der Waals surface area contributed by atoms with Crippen molar-refractivity contribution in [3.63, 3.8) is 0 Å². The predicted octanol–water partition coefficient (Wildman–Crippen LogP) is 1.13. The van der Waals surface area contributed by atoms with Gasteiger partial charge in [-0.05, 0) is 19.1 Å². The Morgan fingerprint density at radius 2 is 2.60 bits per heavy atom. The van der Waals surface area contributed by atoms with E-state index in [-0.39, 0.29) is 5.78 Å². The Labute approximate surface area is 63.7 Å². The van der Waals surface area contributed by atoms with Crippen molar-refractivity contribution < 1.29 is 4.79 Å². The van der Waals surface area contributed by atoms with E-state index in [1.807, 2.05) is 0 Å². The second-order valence-corrected chi connectivity index (χ2v) is 2.48. The number of ketones is 1. The fourth-order valence-corrected chi connectivity index (χ4v) is 0.907. The zero-order valence-corrected chi connectivity index (χ0v) is 6.44. The number of hydrogen-bond donors (Lipinski definition) is 1. The number of imidazole rings is 1. The molecule has 0 saturated heterocycles. The monoisotopic (exact) mass is 156 g/mol. The third kappa shape index (κ3) is 1.54. The van der Waals surface area contributed by atoms with Gasteiger partial charge in [0.05, 0.1) is 6.54 Å². The van der Waals surface area contributed by atoms with Gasteiger partial charge in [0.2, 0.25) is 0 Å². The van der Waals surface area contributed by atoms with Gasteiger partial charge in [-0.25, -0.2) is 0 Å². The molecule has 0 fully saturated rings. The van der Waals surface area contributed by atoms with Crippen LogP contribution in [-0.4, -0.2) is 15.3 Å². The van der Waals surface area contributed by atoms with Gasteiger partial charge in [-0.15, -0.1) is 0 Å². The van der Waals surface area contributed by atoms with E-state index in [4.69, 9.17) is 12.2 Å². The fourth-order valence-electron chi connectivity index (χ4n) is 0.714. The first-order chi connectivity index (χ1) is 4.70. The molecule has 0 aliphatic heterocycles. The second kappa shape index (κ2) is 2.79. The van der Waals surface area contributed by atoms with Crippen molar-refractivity contribution in [2.75, 3.05) is 0 Å². The maximum atomic E-state index is 10.6. The lowest BCUT2D eigenvalue weighted by Crippen LogP contribution is -2.04. The molecule has 0 saturated carbocycles. The van der Waals surface area contributed by atoms with Crippen molar-refractivity contribution in [2.24, 2.45) is 0 Å². The van der Waals surface area contributed by atoms with Gasteiger partial charge >= 0.3 is 0 Å². The van der Waals surface area contributed by atoms with E-state index in [2.05, 4.69) is 4.98 Å². The van der Waals surface area contributed by atoms with Crippen molar-refractivity contribution in [2.45, 2.75) is 13.5 Å². The van der Waals surface area contributed by atoms with Crippen LogP contribution in [0.15, 0.2) is 12.4 Å². The molecule has 10 heavy (non-hydrogen) atoms. The Bertz CT molecular complexity index is 286. The van der Waals surface area contributed by atoms with Crippen LogP contribution in [0.3, 0.4) is 0 Å². The molecule has 0 bridgehead atoms. The number of aromatic amines is 1. The van der Waals surface area contributed by atoms with E-state index in [9.17, 15) is 4.79 Å². The topological polar surface area (TPSA) is 37.8 Å². The number of carbonyl (C=O) groups excluding carboxylic acids is 1. The maximum Gasteiger partial charge on any atom is 0.177 e.